The molecule has 162 valence electrons. The van der Waals surface area contributed by atoms with Crippen LogP contribution in [-0.4, -0.2) is 54.2 Å². The normalized spacial score (nSPS) is 27.8. The van der Waals surface area contributed by atoms with Gasteiger partial charge in [-0.2, -0.15) is 8.78 Å². The van der Waals surface area contributed by atoms with Crippen LogP contribution < -0.4 is 8.85 Å². The number of hydrogen-bond donors (Lipinski definition) is 2. The SMILES string of the molecule is CC1(C)C2CCC1(CS(=O)(=O)NC(=O)C(F)(F)S(=O)(=O)NS(C)(=O)=O)C(=O)C2. The molecule has 0 saturated heterocycles. The van der Waals surface area contributed by atoms with Gasteiger partial charge in [0.1, 0.15) is 5.78 Å². The lowest BCUT2D eigenvalue weighted by atomic mass is 9.70. The highest BCUT2D eigenvalue weighted by Crippen LogP contribution is 2.64. The fourth-order valence-corrected chi connectivity index (χ4v) is 8.22. The smallest absolute Gasteiger partial charge is 0.299 e. The van der Waals surface area contributed by atoms with Crippen LogP contribution in [0.2, 0.25) is 0 Å². The zero-order valence-corrected chi connectivity index (χ0v) is 17.6. The molecule has 10 nitrogen and oxygen atoms in total. The number of fused-ring (bicyclic) bond motifs is 2. The van der Waals surface area contributed by atoms with Crippen LogP contribution >= 0.6 is 0 Å². The number of ketones is 1. The number of amides is 1. The highest BCUT2D eigenvalue weighted by atomic mass is 32.3. The zero-order valence-electron chi connectivity index (χ0n) is 15.2. The Hall–Kier alpha value is -1.19. The van der Waals surface area contributed by atoms with Crippen LogP contribution in [0.1, 0.15) is 33.1 Å². The van der Waals surface area contributed by atoms with Gasteiger partial charge in [-0.1, -0.05) is 13.8 Å². The Labute approximate surface area is 161 Å². The highest BCUT2D eigenvalue weighted by molar-refractivity contribution is 8.05. The molecule has 1 amide bonds. The lowest BCUT2D eigenvalue weighted by molar-refractivity contribution is -0.133. The third-order valence-electron chi connectivity index (χ3n) is 5.69. The molecule has 2 unspecified atom stereocenters. The van der Waals surface area contributed by atoms with Crippen LogP contribution in [0.25, 0.3) is 0 Å². The van der Waals surface area contributed by atoms with Crippen LogP contribution in [0.4, 0.5) is 8.78 Å². The van der Waals surface area contributed by atoms with Crippen molar-refractivity contribution in [3.63, 3.8) is 0 Å². The van der Waals surface area contributed by atoms with Crippen molar-refractivity contribution in [1.82, 2.24) is 8.85 Å². The molecule has 2 aliphatic carbocycles. The largest absolute Gasteiger partial charge is 0.437 e. The minimum atomic E-state index is -6.08. The van der Waals surface area contributed by atoms with Crippen LogP contribution in [0, 0.1) is 16.7 Å². The third-order valence-corrected chi connectivity index (χ3v) is 10.0. The van der Waals surface area contributed by atoms with Gasteiger partial charge in [-0.15, -0.1) is 4.13 Å². The first-order valence-corrected chi connectivity index (χ1v) is 13.0. The van der Waals surface area contributed by atoms with E-state index in [2.05, 4.69) is 0 Å². The van der Waals surface area contributed by atoms with Gasteiger partial charge in [-0.05, 0) is 24.2 Å². The molecule has 0 aromatic carbocycles. The molecule has 2 N–H and O–H groups in total. The predicted octanol–water partition coefficient (Wildman–Crippen LogP) is -0.700. The van der Waals surface area contributed by atoms with Crippen LogP contribution in [0.15, 0.2) is 0 Å². The zero-order chi connectivity index (χ0) is 22.0. The number of carbonyl (C=O) groups excluding carboxylic acids is 2. The molecule has 0 radical (unpaired) electrons. The second-order valence-electron chi connectivity index (χ2n) is 7.73. The molecule has 2 saturated carbocycles. The van der Waals surface area contributed by atoms with Crippen molar-refractivity contribution in [1.29, 1.82) is 0 Å². The van der Waals surface area contributed by atoms with Gasteiger partial charge in [-0.25, -0.2) is 30.0 Å². The summed E-state index contributed by atoms with van der Waals surface area (Å²) >= 11 is 0. The second kappa shape index (κ2) is 6.40. The van der Waals surface area contributed by atoms with Crippen molar-refractivity contribution in [2.24, 2.45) is 16.7 Å². The van der Waals surface area contributed by atoms with Crippen molar-refractivity contribution in [2.75, 3.05) is 12.0 Å². The summed E-state index contributed by atoms with van der Waals surface area (Å²) in [4.78, 5) is 24.0. The predicted molar refractivity (Wildman–Crippen MR) is 92.3 cm³/mol. The summed E-state index contributed by atoms with van der Waals surface area (Å²) in [6.45, 7) is 3.37. The average molecular weight is 467 g/mol. The Bertz CT molecular complexity index is 1030. The number of halogens is 2. The van der Waals surface area contributed by atoms with Crippen LogP contribution in [0.3, 0.4) is 0 Å². The van der Waals surface area contributed by atoms with Gasteiger partial charge < -0.3 is 0 Å². The van der Waals surface area contributed by atoms with E-state index in [0.29, 0.717) is 10.5 Å². The van der Waals surface area contributed by atoms with Gasteiger partial charge in [0.2, 0.25) is 20.0 Å². The Balaban J connectivity index is 2.27. The fourth-order valence-electron chi connectivity index (χ4n) is 4.04. The molecule has 0 spiro atoms. The molecule has 2 atom stereocenters. The molecule has 2 bridgehead atoms. The van der Waals surface area contributed by atoms with Gasteiger partial charge >= 0.3 is 11.2 Å². The second-order valence-corrected chi connectivity index (χ2v) is 13.2. The van der Waals surface area contributed by atoms with Crippen molar-refractivity contribution in [3.8, 4) is 0 Å². The summed E-state index contributed by atoms with van der Waals surface area (Å²) in [5, 5.41) is -5.39. The van der Waals surface area contributed by atoms with E-state index in [-0.39, 0.29) is 30.8 Å². The molecule has 2 fully saturated rings. The van der Waals surface area contributed by atoms with E-state index in [1.54, 1.807) is 13.8 Å². The van der Waals surface area contributed by atoms with Crippen molar-refractivity contribution in [3.05, 3.63) is 0 Å². The first kappa shape index (κ1) is 23.1. The number of nitrogens with one attached hydrogen (secondary N) is 2. The maximum absolute atomic E-state index is 13.9. The lowest BCUT2D eigenvalue weighted by Crippen LogP contribution is -2.54. The van der Waals surface area contributed by atoms with Gasteiger partial charge in [-0.3, -0.25) is 9.59 Å². The minimum Gasteiger partial charge on any atom is -0.299 e. The van der Waals surface area contributed by atoms with Gasteiger partial charge in [0, 0.05) is 6.42 Å². The first-order chi connectivity index (χ1) is 12.3. The van der Waals surface area contributed by atoms with E-state index < -0.39 is 57.8 Å². The van der Waals surface area contributed by atoms with Crippen LogP contribution in [0.5, 0.6) is 0 Å². The molecule has 0 aromatic rings. The van der Waals surface area contributed by atoms with Gasteiger partial charge in [0.25, 0.3) is 10.0 Å². The van der Waals surface area contributed by atoms with E-state index in [1.165, 1.54) is 0 Å². The number of Topliss-reactive ketones (excluding diaryl/α,β-unsaturated/α-hetero) is 1. The third kappa shape index (κ3) is 3.68. The summed E-state index contributed by atoms with van der Waals surface area (Å²) in [5.74, 6) is -4.13. The number of rotatable bonds is 7. The Morgan fingerprint density at radius 1 is 1.18 bits per heavy atom. The first-order valence-electron chi connectivity index (χ1n) is 7.97. The summed E-state index contributed by atoms with van der Waals surface area (Å²) < 4.78 is 98.8. The summed E-state index contributed by atoms with van der Waals surface area (Å²) in [7, 11) is -15.6. The van der Waals surface area contributed by atoms with Crippen LogP contribution in [-0.2, 0) is 39.7 Å². The Morgan fingerprint density at radius 3 is 2.11 bits per heavy atom. The summed E-state index contributed by atoms with van der Waals surface area (Å²) in [6, 6.07) is 0. The molecule has 0 aromatic heterocycles. The fraction of sp³-hybridized carbons (Fsp3) is 0.846. The molecule has 2 rings (SSSR count). The monoisotopic (exact) mass is 466 g/mol. The molecular weight excluding hydrogens is 446 g/mol. The maximum atomic E-state index is 13.9. The standard InChI is InChI=1S/C13H20F2N2O8S3/c1-11(2)8-4-5-12(11,9(18)6-8)7-27(22,23)16-10(19)13(14,15)28(24,25)17-26(3,20)21/h8,17H,4-7H2,1-3H3,(H,16,19). The van der Waals surface area contributed by atoms with E-state index in [4.69, 9.17) is 0 Å². The number of carbonyl (C=O) groups is 2. The van der Waals surface area contributed by atoms with Crippen molar-refractivity contribution in [2.45, 2.75) is 38.4 Å². The maximum Gasteiger partial charge on any atom is 0.437 e. The Morgan fingerprint density at radius 2 is 1.71 bits per heavy atom. The lowest BCUT2D eigenvalue weighted by Gasteiger charge is -2.36. The van der Waals surface area contributed by atoms with E-state index in [9.17, 15) is 43.6 Å². The average Bonchev–Trinajstić information content (AvgIpc) is 2.77. The van der Waals surface area contributed by atoms with Crippen molar-refractivity contribution >= 4 is 41.8 Å². The number of hydrogen-bond acceptors (Lipinski definition) is 8. The quantitative estimate of drug-likeness (QED) is 0.498. The topological polar surface area (TPSA) is 161 Å². The molecule has 15 heteroatoms. The molecule has 28 heavy (non-hydrogen) atoms. The minimum absolute atomic E-state index is 0.0771. The van der Waals surface area contributed by atoms with Gasteiger partial charge in [0.15, 0.2) is 0 Å². The highest BCUT2D eigenvalue weighted by Gasteiger charge is 2.66. The molecule has 0 heterocycles. The summed E-state index contributed by atoms with van der Waals surface area (Å²) in [6.07, 6.45) is 1.16. The molecule has 0 aliphatic heterocycles. The van der Waals surface area contributed by atoms with E-state index in [1.807, 2.05) is 0 Å². The van der Waals surface area contributed by atoms with E-state index in [0.717, 1.165) is 4.72 Å². The van der Waals surface area contributed by atoms with Crippen molar-refractivity contribution < 1.29 is 43.6 Å². The van der Waals surface area contributed by atoms with Gasteiger partial charge in [0.05, 0.1) is 17.4 Å². The number of sulfonamides is 3. The molecular formula is C13H20F2N2O8S3. The molecule has 2 aliphatic rings. The summed E-state index contributed by atoms with van der Waals surface area (Å²) in [5.41, 5.74) is -2.11. The number of alkyl halides is 2. The Kier molecular flexibility index (Phi) is 5.28. The van der Waals surface area contributed by atoms with E-state index >= 15 is 0 Å².